The summed E-state index contributed by atoms with van der Waals surface area (Å²) in [5, 5.41) is 1.85. The molecule has 0 saturated carbocycles. The average molecular weight is 270 g/mol. The molecule has 0 fully saturated rings. The van der Waals surface area contributed by atoms with Crippen LogP contribution in [0.3, 0.4) is 0 Å². The number of halogens is 1. The Morgan fingerprint density at radius 3 is 2.05 bits per heavy atom. The van der Waals surface area contributed by atoms with Crippen molar-refractivity contribution in [1.82, 2.24) is 10.1 Å². The summed E-state index contributed by atoms with van der Waals surface area (Å²) >= 11 is 0. The minimum absolute atomic E-state index is 0.0819. The Labute approximate surface area is 110 Å². The van der Waals surface area contributed by atoms with E-state index in [1.54, 1.807) is 0 Å². The molecular formula is C12H15FN2O4. The molecule has 0 aliphatic rings. The first-order valence-electron chi connectivity index (χ1n) is 5.36. The zero-order valence-corrected chi connectivity index (χ0v) is 11.1. The lowest BCUT2D eigenvalue weighted by molar-refractivity contribution is -0.0762. The maximum Gasteiger partial charge on any atom is 0.280 e. The normalized spacial score (nSPS) is 10.2. The number of benzene rings is 1. The van der Waals surface area contributed by atoms with Crippen LogP contribution in [0.15, 0.2) is 18.2 Å². The Kier molecular flexibility index (Phi) is 4.96. The molecule has 19 heavy (non-hydrogen) atoms. The molecule has 0 radical (unpaired) electrons. The van der Waals surface area contributed by atoms with Crippen LogP contribution < -0.4 is 0 Å². The molecule has 6 nitrogen and oxygen atoms in total. The third-order valence-corrected chi connectivity index (χ3v) is 2.57. The third-order valence-electron chi connectivity index (χ3n) is 2.57. The van der Waals surface area contributed by atoms with Gasteiger partial charge in [-0.25, -0.2) is 14.5 Å². The molecule has 0 bridgehead atoms. The number of carbonyl (C=O) groups excluding carboxylic acids is 2. The average Bonchev–Trinajstić information content (AvgIpc) is 2.43. The van der Waals surface area contributed by atoms with Crippen LogP contribution in [-0.4, -0.2) is 50.3 Å². The van der Waals surface area contributed by atoms with Gasteiger partial charge in [0.2, 0.25) is 0 Å². The molecule has 0 aromatic heterocycles. The highest BCUT2D eigenvalue weighted by atomic mass is 19.1. The lowest BCUT2D eigenvalue weighted by Crippen LogP contribution is -2.27. The Morgan fingerprint density at radius 1 is 1.05 bits per heavy atom. The number of amides is 2. The molecule has 0 aliphatic carbocycles. The van der Waals surface area contributed by atoms with Crippen molar-refractivity contribution in [3.8, 4) is 0 Å². The van der Waals surface area contributed by atoms with Crippen LogP contribution in [0.1, 0.15) is 20.7 Å². The third kappa shape index (κ3) is 3.27. The maximum atomic E-state index is 13.8. The summed E-state index contributed by atoms with van der Waals surface area (Å²) in [5.74, 6) is -1.95. The van der Waals surface area contributed by atoms with E-state index in [2.05, 4.69) is 4.84 Å². The number of carbonyl (C=O) groups is 2. The SMILES string of the molecule is CON(C)C(=O)c1ccc(C(=O)N(C)OC)c(F)c1. The van der Waals surface area contributed by atoms with Crippen molar-refractivity contribution in [3.63, 3.8) is 0 Å². The van der Waals surface area contributed by atoms with E-state index in [0.717, 1.165) is 16.2 Å². The first-order chi connectivity index (χ1) is 8.92. The molecule has 1 aromatic carbocycles. The predicted octanol–water partition coefficient (Wildman–Crippen LogP) is 1.09. The molecule has 0 spiro atoms. The molecule has 0 unspecified atom stereocenters. The van der Waals surface area contributed by atoms with Gasteiger partial charge in [-0.05, 0) is 18.2 Å². The van der Waals surface area contributed by atoms with Gasteiger partial charge in [0.25, 0.3) is 11.8 Å². The van der Waals surface area contributed by atoms with Crippen molar-refractivity contribution in [2.24, 2.45) is 0 Å². The number of hydrogen-bond donors (Lipinski definition) is 0. The van der Waals surface area contributed by atoms with Crippen LogP contribution in [0, 0.1) is 5.82 Å². The quantitative estimate of drug-likeness (QED) is 0.768. The lowest BCUT2D eigenvalue weighted by Gasteiger charge is -2.16. The topological polar surface area (TPSA) is 59.1 Å². The van der Waals surface area contributed by atoms with E-state index >= 15 is 0 Å². The first kappa shape index (κ1) is 15.1. The van der Waals surface area contributed by atoms with Crippen LogP contribution in [0.2, 0.25) is 0 Å². The van der Waals surface area contributed by atoms with Gasteiger partial charge < -0.3 is 0 Å². The maximum absolute atomic E-state index is 13.8. The van der Waals surface area contributed by atoms with Crippen LogP contribution in [0.5, 0.6) is 0 Å². The zero-order chi connectivity index (χ0) is 14.6. The number of hydroxylamine groups is 4. The molecule has 104 valence electrons. The van der Waals surface area contributed by atoms with Crippen molar-refractivity contribution in [1.29, 1.82) is 0 Å². The fourth-order valence-corrected chi connectivity index (χ4v) is 1.34. The molecule has 1 aromatic rings. The van der Waals surface area contributed by atoms with Gasteiger partial charge in [-0.15, -0.1) is 0 Å². The van der Waals surface area contributed by atoms with E-state index in [4.69, 9.17) is 4.84 Å². The van der Waals surface area contributed by atoms with Gasteiger partial charge in [0, 0.05) is 19.7 Å². The van der Waals surface area contributed by atoms with Crippen LogP contribution in [-0.2, 0) is 9.68 Å². The van der Waals surface area contributed by atoms with E-state index in [-0.39, 0.29) is 11.1 Å². The van der Waals surface area contributed by atoms with E-state index in [1.807, 2.05) is 0 Å². The summed E-state index contributed by atoms with van der Waals surface area (Å²) in [6.07, 6.45) is 0. The summed E-state index contributed by atoms with van der Waals surface area (Å²) < 4.78 is 13.8. The van der Waals surface area contributed by atoms with E-state index < -0.39 is 17.6 Å². The summed E-state index contributed by atoms with van der Waals surface area (Å²) in [6.45, 7) is 0. The second-order valence-electron chi connectivity index (χ2n) is 3.67. The van der Waals surface area contributed by atoms with Crippen molar-refractivity contribution in [2.45, 2.75) is 0 Å². The minimum Gasteiger partial charge on any atom is -0.274 e. The summed E-state index contributed by atoms with van der Waals surface area (Å²) in [6, 6.07) is 3.55. The minimum atomic E-state index is -0.802. The fraction of sp³-hybridized carbons (Fsp3) is 0.333. The highest BCUT2D eigenvalue weighted by Gasteiger charge is 2.19. The number of rotatable bonds is 4. The number of hydrogen-bond acceptors (Lipinski definition) is 4. The zero-order valence-electron chi connectivity index (χ0n) is 11.1. The molecule has 2 amide bonds. The summed E-state index contributed by atoms with van der Waals surface area (Å²) in [7, 11) is 5.37. The van der Waals surface area contributed by atoms with Crippen LogP contribution in [0.4, 0.5) is 4.39 Å². The number of nitrogens with zero attached hydrogens (tertiary/aromatic N) is 2. The van der Waals surface area contributed by atoms with Crippen molar-refractivity contribution < 1.29 is 23.7 Å². The first-order valence-corrected chi connectivity index (χ1v) is 5.36. The molecular weight excluding hydrogens is 255 g/mol. The molecule has 7 heteroatoms. The smallest absolute Gasteiger partial charge is 0.274 e. The van der Waals surface area contributed by atoms with E-state index in [1.165, 1.54) is 40.4 Å². The molecule has 0 saturated heterocycles. The van der Waals surface area contributed by atoms with Gasteiger partial charge >= 0.3 is 0 Å². The molecule has 0 atom stereocenters. The van der Waals surface area contributed by atoms with Gasteiger partial charge in [0.05, 0.1) is 19.8 Å². The van der Waals surface area contributed by atoms with Gasteiger partial charge in [-0.2, -0.15) is 0 Å². The molecule has 0 heterocycles. The summed E-state index contributed by atoms with van der Waals surface area (Å²) in [4.78, 5) is 32.8. The molecule has 1 rings (SSSR count). The van der Waals surface area contributed by atoms with Gasteiger partial charge in [-0.3, -0.25) is 19.3 Å². The second kappa shape index (κ2) is 6.26. The highest BCUT2D eigenvalue weighted by Crippen LogP contribution is 2.14. The van der Waals surface area contributed by atoms with E-state index in [0.29, 0.717) is 0 Å². The molecule has 0 N–H and O–H groups in total. The largest absolute Gasteiger partial charge is 0.280 e. The Bertz CT molecular complexity index is 493. The summed E-state index contributed by atoms with van der Waals surface area (Å²) in [5.41, 5.74) is -0.0977. The predicted molar refractivity (Wildman–Crippen MR) is 64.6 cm³/mol. The molecule has 0 aliphatic heterocycles. The Hall–Kier alpha value is -1.99. The van der Waals surface area contributed by atoms with Crippen molar-refractivity contribution in [3.05, 3.63) is 35.1 Å². The van der Waals surface area contributed by atoms with Crippen molar-refractivity contribution >= 4 is 11.8 Å². The Morgan fingerprint density at radius 2 is 1.58 bits per heavy atom. The van der Waals surface area contributed by atoms with Crippen LogP contribution in [0.25, 0.3) is 0 Å². The highest BCUT2D eigenvalue weighted by molar-refractivity contribution is 5.97. The van der Waals surface area contributed by atoms with Crippen molar-refractivity contribution in [2.75, 3.05) is 28.3 Å². The van der Waals surface area contributed by atoms with Gasteiger partial charge in [-0.1, -0.05) is 0 Å². The second-order valence-corrected chi connectivity index (χ2v) is 3.67. The van der Waals surface area contributed by atoms with Gasteiger partial charge in [0.1, 0.15) is 5.82 Å². The Balaban J connectivity index is 3.04. The monoisotopic (exact) mass is 270 g/mol. The standard InChI is InChI=1S/C12H15FN2O4/c1-14(18-3)11(16)8-5-6-9(10(13)7-8)12(17)15(2)19-4/h5-7H,1-4H3. The fourth-order valence-electron chi connectivity index (χ4n) is 1.34. The van der Waals surface area contributed by atoms with Gasteiger partial charge in [0.15, 0.2) is 0 Å². The van der Waals surface area contributed by atoms with Crippen LogP contribution >= 0.6 is 0 Å². The lowest BCUT2D eigenvalue weighted by atomic mass is 10.1. The van der Waals surface area contributed by atoms with E-state index in [9.17, 15) is 14.0 Å².